The van der Waals surface area contributed by atoms with Gasteiger partial charge < -0.3 is 4.74 Å². The van der Waals surface area contributed by atoms with E-state index in [0.29, 0.717) is 6.04 Å². The Morgan fingerprint density at radius 2 is 1.86 bits per heavy atom. The molecule has 3 rings (SSSR count). The molecule has 22 heavy (non-hydrogen) atoms. The zero-order valence-electron chi connectivity index (χ0n) is 13.0. The van der Waals surface area contributed by atoms with Gasteiger partial charge in [0.1, 0.15) is 5.75 Å². The number of hydrogen-bond donors (Lipinski definition) is 0. The molecule has 1 fully saturated rings. The predicted molar refractivity (Wildman–Crippen MR) is 89.7 cm³/mol. The average Bonchev–Trinajstić information content (AvgIpc) is 3.02. The molecule has 0 aliphatic carbocycles. The molecule has 2 heteroatoms. The summed E-state index contributed by atoms with van der Waals surface area (Å²) in [6.45, 7) is 2.08. The van der Waals surface area contributed by atoms with E-state index < -0.39 is 0 Å². The molecule has 1 heterocycles. The molecule has 1 unspecified atom stereocenters. The molecule has 0 bridgehead atoms. The summed E-state index contributed by atoms with van der Waals surface area (Å²) in [5.74, 6) is 7.66. The number of likely N-dealkylation sites (tertiary alicyclic amines) is 1. The summed E-state index contributed by atoms with van der Waals surface area (Å²) in [6, 6.07) is 18.9. The van der Waals surface area contributed by atoms with Gasteiger partial charge in [-0.25, -0.2) is 0 Å². The first-order chi connectivity index (χ1) is 10.8. The summed E-state index contributed by atoms with van der Waals surface area (Å²) in [7, 11) is 1.70. The first kappa shape index (κ1) is 14.7. The third-order valence-corrected chi connectivity index (χ3v) is 4.07. The van der Waals surface area contributed by atoms with E-state index in [9.17, 15) is 0 Å². The number of nitrogens with zero attached hydrogens (tertiary/aromatic N) is 1. The van der Waals surface area contributed by atoms with Gasteiger partial charge in [0.2, 0.25) is 0 Å². The van der Waals surface area contributed by atoms with E-state index >= 15 is 0 Å². The first-order valence-corrected chi connectivity index (χ1v) is 7.79. The van der Waals surface area contributed by atoms with E-state index in [1.54, 1.807) is 7.11 Å². The molecule has 2 aromatic rings. The highest BCUT2D eigenvalue weighted by atomic mass is 16.5. The van der Waals surface area contributed by atoms with E-state index in [1.807, 2.05) is 30.3 Å². The van der Waals surface area contributed by atoms with Crippen molar-refractivity contribution in [3.63, 3.8) is 0 Å². The van der Waals surface area contributed by atoms with Crippen molar-refractivity contribution in [2.75, 3.05) is 13.7 Å². The molecule has 2 aromatic carbocycles. The predicted octanol–water partition coefficient (Wildman–Crippen LogP) is 3.71. The van der Waals surface area contributed by atoms with Crippen molar-refractivity contribution in [2.24, 2.45) is 0 Å². The highest BCUT2D eigenvalue weighted by molar-refractivity contribution is 5.35. The summed E-state index contributed by atoms with van der Waals surface area (Å²) < 4.78 is 5.21. The quantitative estimate of drug-likeness (QED) is 0.799. The van der Waals surface area contributed by atoms with Crippen LogP contribution in [0.3, 0.4) is 0 Å². The molecule has 1 aliphatic rings. The first-order valence-electron chi connectivity index (χ1n) is 7.79. The summed E-state index contributed by atoms with van der Waals surface area (Å²) in [4.78, 5) is 2.47. The lowest BCUT2D eigenvalue weighted by Crippen LogP contribution is -2.27. The Labute approximate surface area is 132 Å². The van der Waals surface area contributed by atoms with Gasteiger partial charge in [-0.15, -0.1) is 0 Å². The normalized spacial score (nSPS) is 17.8. The molecular formula is C20H21NO. The average molecular weight is 291 g/mol. The van der Waals surface area contributed by atoms with Crippen LogP contribution in [0.15, 0.2) is 54.6 Å². The van der Waals surface area contributed by atoms with Gasteiger partial charge in [-0.05, 0) is 49.2 Å². The second-order valence-electron chi connectivity index (χ2n) is 5.61. The van der Waals surface area contributed by atoms with Crippen molar-refractivity contribution in [1.29, 1.82) is 0 Å². The topological polar surface area (TPSA) is 12.5 Å². The van der Waals surface area contributed by atoms with Crippen molar-refractivity contribution in [3.05, 3.63) is 65.7 Å². The zero-order chi connectivity index (χ0) is 15.2. The van der Waals surface area contributed by atoms with Gasteiger partial charge >= 0.3 is 0 Å². The van der Waals surface area contributed by atoms with Crippen LogP contribution in [0, 0.1) is 11.8 Å². The number of benzene rings is 2. The van der Waals surface area contributed by atoms with Crippen LogP contribution in [0.25, 0.3) is 0 Å². The molecule has 0 saturated carbocycles. The molecule has 0 N–H and O–H groups in total. The lowest BCUT2D eigenvalue weighted by Gasteiger charge is -2.20. The van der Waals surface area contributed by atoms with Crippen LogP contribution in [0.4, 0.5) is 0 Å². The largest absolute Gasteiger partial charge is 0.497 e. The van der Waals surface area contributed by atoms with Crippen LogP contribution in [0.2, 0.25) is 0 Å². The number of ether oxygens (including phenoxy) is 1. The van der Waals surface area contributed by atoms with Crippen LogP contribution in [-0.2, 0) is 6.54 Å². The SMILES string of the molecule is COc1ccc(CN2CCCC2C#Cc2ccccc2)cc1. The van der Waals surface area contributed by atoms with Crippen LogP contribution in [0.1, 0.15) is 24.0 Å². The van der Waals surface area contributed by atoms with Crippen molar-refractivity contribution >= 4 is 0 Å². The zero-order valence-corrected chi connectivity index (χ0v) is 13.0. The molecule has 0 amide bonds. The monoisotopic (exact) mass is 291 g/mol. The number of hydrogen-bond acceptors (Lipinski definition) is 2. The Morgan fingerprint density at radius 3 is 2.59 bits per heavy atom. The molecule has 1 saturated heterocycles. The van der Waals surface area contributed by atoms with Crippen LogP contribution in [-0.4, -0.2) is 24.6 Å². The summed E-state index contributed by atoms with van der Waals surface area (Å²) in [5, 5.41) is 0. The van der Waals surface area contributed by atoms with Crippen LogP contribution < -0.4 is 4.74 Å². The fourth-order valence-corrected chi connectivity index (χ4v) is 2.83. The lowest BCUT2D eigenvalue weighted by molar-refractivity contribution is 0.288. The molecule has 1 aliphatic heterocycles. The van der Waals surface area contributed by atoms with Crippen molar-refractivity contribution in [1.82, 2.24) is 4.90 Å². The van der Waals surface area contributed by atoms with Gasteiger partial charge in [0.25, 0.3) is 0 Å². The third-order valence-electron chi connectivity index (χ3n) is 4.07. The number of methoxy groups -OCH3 is 1. The fraction of sp³-hybridized carbons (Fsp3) is 0.300. The highest BCUT2D eigenvalue weighted by Gasteiger charge is 2.22. The maximum atomic E-state index is 5.21. The Kier molecular flexibility index (Phi) is 4.78. The Morgan fingerprint density at radius 1 is 1.09 bits per heavy atom. The standard InChI is InChI=1S/C20H21NO/c1-22-20-13-10-18(11-14-20)16-21-15-5-8-19(21)12-9-17-6-3-2-4-7-17/h2-4,6-7,10-11,13-14,19H,5,8,15-16H2,1H3. The third kappa shape index (κ3) is 3.69. The van der Waals surface area contributed by atoms with Gasteiger partial charge in [0.15, 0.2) is 0 Å². The minimum absolute atomic E-state index is 0.363. The van der Waals surface area contributed by atoms with E-state index in [-0.39, 0.29) is 0 Å². The molecule has 0 radical (unpaired) electrons. The van der Waals surface area contributed by atoms with E-state index in [4.69, 9.17) is 4.74 Å². The van der Waals surface area contributed by atoms with Crippen LogP contribution >= 0.6 is 0 Å². The minimum Gasteiger partial charge on any atom is -0.497 e. The van der Waals surface area contributed by atoms with Gasteiger partial charge in [0, 0.05) is 12.1 Å². The fourth-order valence-electron chi connectivity index (χ4n) is 2.83. The summed E-state index contributed by atoms with van der Waals surface area (Å²) in [5.41, 5.74) is 2.41. The molecule has 0 spiro atoms. The van der Waals surface area contributed by atoms with Gasteiger partial charge in [-0.2, -0.15) is 0 Å². The lowest BCUT2D eigenvalue weighted by atomic mass is 10.1. The van der Waals surface area contributed by atoms with E-state index in [1.165, 1.54) is 12.0 Å². The van der Waals surface area contributed by atoms with Crippen molar-refractivity contribution in [3.8, 4) is 17.6 Å². The molecule has 1 atom stereocenters. The second-order valence-corrected chi connectivity index (χ2v) is 5.61. The molecular weight excluding hydrogens is 270 g/mol. The second kappa shape index (κ2) is 7.15. The highest BCUT2D eigenvalue weighted by Crippen LogP contribution is 2.21. The van der Waals surface area contributed by atoms with Gasteiger partial charge in [-0.1, -0.05) is 42.2 Å². The van der Waals surface area contributed by atoms with E-state index in [2.05, 4.69) is 41.0 Å². The van der Waals surface area contributed by atoms with Crippen LogP contribution in [0.5, 0.6) is 5.75 Å². The molecule has 2 nitrogen and oxygen atoms in total. The van der Waals surface area contributed by atoms with E-state index in [0.717, 1.165) is 30.8 Å². The number of rotatable bonds is 3. The summed E-state index contributed by atoms with van der Waals surface area (Å²) >= 11 is 0. The van der Waals surface area contributed by atoms with Crippen molar-refractivity contribution < 1.29 is 4.74 Å². The Balaban J connectivity index is 1.66. The Bertz CT molecular complexity index is 652. The smallest absolute Gasteiger partial charge is 0.118 e. The van der Waals surface area contributed by atoms with Crippen molar-refractivity contribution in [2.45, 2.75) is 25.4 Å². The maximum absolute atomic E-state index is 5.21. The van der Waals surface area contributed by atoms with Gasteiger partial charge in [0.05, 0.1) is 13.2 Å². The van der Waals surface area contributed by atoms with Gasteiger partial charge in [-0.3, -0.25) is 4.90 Å². The maximum Gasteiger partial charge on any atom is 0.118 e. The minimum atomic E-state index is 0.363. The molecule has 0 aromatic heterocycles. The Hall–Kier alpha value is -2.24. The summed E-state index contributed by atoms with van der Waals surface area (Å²) in [6.07, 6.45) is 2.39. The molecule has 112 valence electrons.